The summed E-state index contributed by atoms with van der Waals surface area (Å²) in [5.41, 5.74) is 1.39. The number of hydrogen-bond acceptors (Lipinski definition) is 4. The van der Waals surface area contributed by atoms with Crippen LogP contribution in [0.25, 0.3) is 0 Å². The van der Waals surface area contributed by atoms with Gasteiger partial charge in [-0.15, -0.1) is 0 Å². The van der Waals surface area contributed by atoms with Gasteiger partial charge in [-0.3, -0.25) is 9.69 Å². The molecular weight excluding hydrogens is 376 g/mol. The lowest BCUT2D eigenvalue weighted by Crippen LogP contribution is -2.49. The van der Waals surface area contributed by atoms with Gasteiger partial charge in [-0.05, 0) is 63.8 Å². The maximum Gasteiger partial charge on any atom is 0.220 e. The molecule has 2 aliphatic heterocycles. The Morgan fingerprint density at radius 1 is 1.13 bits per heavy atom. The van der Waals surface area contributed by atoms with E-state index in [1.807, 2.05) is 6.07 Å². The smallest absolute Gasteiger partial charge is 0.220 e. The van der Waals surface area contributed by atoms with Gasteiger partial charge >= 0.3 is 0 Å². The fraction of sp³-hybridized carbons (Fsp3) is 0.720. The van der Waals surface area contributed by atoms with Crippen LogP contribution in [0.2, 0.25) is 0 Å². The summed E-state index contributed by atoms with van der Waals surface area (Å²) in [4.78, 5) is 15.2. The molecule has 0 bridgehead atoms. The second-order valence-corrected chi connectivity index (χ2v) is 9.47. The van der Waals surface area contributed by atoms with Crippen LogP contribution in [0.15, 0.2) is 18.2 Å². The first-order valence-corrected chi connectivity index (χ1v) is 11.9. The van der Waals surface area contributed by atoms with Gasteiger partial charge in [0.2, 0.25) is 5.91 Å². The van der Waals surface area contributed by atoms with Gasteiger partial charge < -0.3 is 14.8 Å². The quantitative estimate of drug-likeness (QED) is 0.530. The number of unbranched alkanes of at least 4 members (excludes halogenated alkanes) is 4. The van der Waals surface area contributed by atoms with Crippen molar-refractivity contribution >= 4 is 5.91 Å². The van der Waals surface area contributed by atoms with Crippen molar-refractivity contribution in [3.8, 4) is 11.5 Å². The first kappa shape index (κ1) is 22.9. The number of amides is 1. The number of carbonyl (C=O) groups is 1. The van der Waals surface area contributed by atoms with Crippen LogP contribution in [0.1, 0.15) is 77.7 Å². The Kier molecular flexibility index (Phi) is 8.43. The first-order valence-electron chi connectivity index (χ1n) is 11.9. The van der Waals surface area contributed by atoms with Crippen molar-refractivity contribution < 1.29 is 14.3 Å². The van der Waals surface area contributed by atoms with Gasteiger partial charge in [-0.2, -0.15) is 0 Å². The van der Waals surface area contributed by atoms with Gasteiger partial charge in [0.1, 0.15) is 13.2 Å². The molecule has 0 saturated carbocycles. The maximum absolute atomic E-state index is 12.7. The van der Waals surface area contributed by atoms with Crippen LogP contribution in [0.5, 0.6) is 11.5 Å². The largest absolute Gasteiger partial charge is 0.486 e. The van der Waals surface area contributed by atoms with Gasteiger partial charge in [-0.25, -0.2) is 0 Å². The third-order valence-corrected chi connectivity index (χ3v) is 6.47. The van der Waals surface area contributed by atoms with Crippen molar-refractivity contribution in [2.75, 3.05) is 26.3 Å². The second kappa shape index (κ2) is 11.0. The van der Waals surface area contributed by atoms with Crippen LogP contribution in [0.4, 0.5) is 0 Å². The number of nitrogens with zero attached hydrogens (tertiary/aromatic N) is 1. The number of nitrogens with one attached hydrogen (secondary N) is 1. The highest BCUT2D eigenvalue weighted by Gasteiger charge is 2.33. The molecule has 5 heteroatoms. The summed E-state index contributed by atoms with van der Waals surface area (Å²) in [6.07, 6.45) is 9.74. The van der Waals surface area contributed by atoms with Gasteiger partial charge in [0.15, 0.2) is 11.5 Å². The summed E-state index contributed by atoms with van der Waals surface area (Å²) in [7, 11) is 0. The molecule has 0 unspecified atom stereocenters. The van der Waals surface area contributed by atoms with Crippen LogP contribution in [-0.2, 0) is 11.2 Å². The number of fused-ring (bicyclic) bond motifs is 1. The normalized spacial score (nSPS) is 18.9. The molecule has 1 N–H and O–H groups in total. The molecule has 1 fully saturated rings. The lowest BCUT2D eigenvalue weighted by atomic mass is 9.99. The van der Waals surface area contributed by atoms with Crippen molar-refractivity contribution in [1.29, 1.82) is 0 Å². The molecule has 0 radical (unpaired) electrons. The molecule has 1 aromatic rings. The Morgan fingerprint density at radius 2 is 1.90 bits per heavy atom. The minimum Gasteiger partial charge on any atom is -0.486 e. The zero-order chi connectivity index (χ0) is 21.4. The molecule has 1 amide bonds. The Hall–Kier alpha value is -1.75. The van der Waals surface area contributed by atoms with Crippen LogP contribution >= 0.6 is 0 Å². The molecule has 1 atom stereocenters. The summed E-state index contributed by atoms with van der Waals surface area (Å²) in [6, 6.07) is 6.28. The summed E-state index contributed by atoms with van der Waals surface area (Å²) >= 11 is 0. The zero-order valence-electron chi connectivity index (χ0n) is 19.2. The molecule has 2 heterocycles. The fourth-order valence-corrected chi connectivity index (χ4v) is 4.62. The highest BCUT2D eigenvalue weighted by atomic mass is 16.6. The number of rotatable bonds is 11. The second-order valence-electron chi connectivity index (χ2n) is 9.47. The minimum atomic E-state index is 0.105. The number of benzene rings is 1. The van der Waals surface area contributed by atoms with E-state index in [2.05, 4.69) is 43.1 Å². The monoisotopic (exact) mass is 416 g/mol. The van der Waals surface area contributed by atoms with E-state index in [1.165, 1.54) is 37.7 Å². The van der Waals surface area contributed by atoms with Crippen molar-refractivity contribution in [3.63, 3.8) is 0 Å². The third-order valence-electron chi connectivity index (χ3n) is 6.47. The molecule has 5 nitrogen and oxygen atoms in total. The van der Waals surface area contributed by atoms with Crippen molar-refractivity contribution in [2.45, 2.75) is 90.1 Å². The molecule has 0 aromatic heterocycles. The fourth-order valence-electron chi connectivity index (χ4n) is 4.62. The average molecular weight is 417 g/mol. The van der Waals surface area contributed by atoms with E-state index in [0.29, 0.717) is 19.6 Å². The molecule has 1 saturated heterocycles. The predicted molar refractivity (Wildman–Crippen MR) is 121 cm³/mol. The highest BCUT2D eigenvalue weighted by molar-refractivity contribution is 5.76. The molecule has 3 rings (SSSR count). The van der Waals surface area contributed by atoms with Crippen LogP contribution in [0, 0.1) is 0 Å². The standard InChI is InChI=1S/C25H40N2O3/c1-4-5-6-7-8-10-24(28)26-21(19-27-14-9-13-25(27,2)3)17-20-11-12-22-23(18-20)30-16-15-29-22/h11-12,18,21H,4-10,13-17,19H2,1-3H3,(H,26,28)/t21-/m0/s1. The van der Waals surface area contributed by atoms with E-state index < -0.39 is 0 Å². The SMILES string of the molecule is CCCCCCCC(=O)N[C@@H](Cc1ccc2c(c1)OCCO2)CN1CCCC1(C)C. The molecule has 2 aliphatic rings. The number of ether oxygens (including phenoxy) is 2. The molecule has 1 aromatic carbocycles. The van der Waals surface area contributed by atoms with E-state index in [4.69, 9.17) is 9.47 Å². The van der Waals surface area contributed by atoms with E-state index in [1.54, 1.807) is 0 Å². The maximum atomic E-state index is 12.7. The van der Waals surface area contributed by atoms with Crippen LogP contribution in [-0.4, -0.2) is 48.7 Å². The van der Waals surface area contributed by atoms with E-state index in [0.717, 1.165) is 43.9 Å². The zero-order valence-corrected chi connectivity index (χ0v) is 19.2. The van der Waals surface area contributed by atoms with Crippen molar-refractivity contribution in [1.82, 2.24) is 10.2 Å². The summed E-state index contributed by atoms with van der Waals surface area (Å²) in [5.74, 6) is 1.82. The van der Waals surface area contributed by atoms with E-state index in [-0.39, 0.29) is 17.5 Å². The van der Waals surface area contributed by atoms with E-state index in [9.17, 15) is 4.79 Å². The predicted octanol–water partition coefficient (Wildman–Crippen LogP) is 4.72. The summed E-state index contributed by atoms with van der Waals surface area (Å²) < 4.78 is 11.4. The highest BCUT2D eigenvalue weighted by Crippen LogP contribution is 2.32. The van der Waals surface area contributed by atoms with Gasteiger partial charge in [-0.1, -0.05) is 38.7 Å². The lowest BCUT2D eigenvalue weighted by Gasteiger charge is -2.35. The number of carbonyl (C=O) groups excluding carboxylic acids is 1. The average Bonchev–Trinajstić information content (AvgIpc) is 3.05. The van der Waals surface area contributed by atoms with Crippen LogP contribution < -0.4 is 14.8 Å². The molecular formula is C25H40N2O3. The Morgan fingerprint density at radius 3 is 2.63 bits per heavy atom. The Labute approximate surface area is 182 Å². The van der Waals surface area contributed by atoms with Gasteiger partial charge in [0.25, 0.3) is 0 Å². The minimum absolute atomic E-state index is 0.105. The van der Waals surface area contributed by atoms with Gasteiger partial charge in [0, 0.05) is 24.5 Å². The first-order chi connectivity index (χ1) is 14.5. The Balaban J connectivity index is 1.61. The molecule has 168 valence electrons. The third kappa shape index (κ3) is 6.63. The number of likely N-dealkylation sites (tertiary alicyclic amines) is 1. The summed E-state index contributed by atoms with van der Waals surface area (Å²) in [6.45, 7) is 10.0. The summed E-state index contributed by atoms with van der Waals surface area (Å²) in [5, 5.41) is 3.35. The number of hydrogen-bond donors (Lipinski definition) is 1. The molecule has 0 aliphatic carbocycles. The lowest BCUT2D eigenvalue weighted by molar-refractivity contribution is -0.122. The van der Waals surface area contributed by atoms with E-state index >= 15 is 0 Å². The molecule has 0 spiro atoms. The topological polar surface area (TPSA) is 50.8 Å². The molecule has 30 heavy (non-hydrogen) atoms. The van der Waals surface area contributed by atoms with Crippen molar-refractivity contribution in [3.05, 3.63) is 23.8 Å². The van der Waals surface area contributed by atoms with Crippen LogP contribution in [0.3, 0.4) is 0 Å². The Bertz CT molecular complexity index is 689. The van der Waals surface area contributed by atoms with Gasteiger partial charge in [0.05, 0.1) is 0 Å². The van der Waals surface area contributed by atoms with Crippen molar-refractivity contribution in [2.24, 2.45) is 0 Å².